The molecule has 1 heterocycles. The van der Waals surface area contributed by atoms with Crippen LogP contribution in [0.2, 0.25) is 5.02 Å². The molecule has 0 atom stereocenters. The molecular formula is C21H30ClNO4. The lowest BCUT2D eigenvalue weighted by Gasteiger charge is -2.46. The Hall–Kier alpha value is -1.46. The van der Waals surface area contributed by atoms with E-state index in [9.17, 15) is 4.79 Å². The van der Waals surface area contributed by atoms with Crippen LogP contribution in [0.3, 0.4) is 0 Å². The number of ether oxygens (including phenoxy) is 2. The van der Waals surface area contributed by atoms with Gasteiger partial charge in [-0.2, -0.15) is 0 Å². The van der Waals surface area contributed by atoms with Crippen LogP contribution in [0.5, 0.6) is 5.75 Å². The van der Waals surface area contributed by atoms with Crippen molar-refractivity contribution in [2.45, 2.75) is 44.9 Å². The number of methoxy groups -OCH3 is 1. The van der Waals surface area contributed by atoms with Gasteiger partial charge in [0.1, 0.15) is 12.4 Å². The van der Waals surface area contributed by atoms with Crippen molar-refractivity contribution >= 4 is 23.3 Å². The Bertz CT molecular complexity index is 633. The molecule has 0 bridgehead atoms. The molecule has 0 radical (unpaired) electrons. The summed E-state index contributed by atoms with van der Waals surface area (Å²) < 4.78 is 10.8. The SMILES string of the molecule is COCCOc1cc(Cl)cc(N2CCC3(CCC(CC(=O)O)CC3)CC2)c1. The van der Waals surface area contributed by atoms with Crippen LogP contribution in [0.15, 0.2) is 18.2 Å². The molecule has 27 heavy (non-hydrogen) atoms. The summed E-state index contributed by atoms with van der Waals surface area (Å²) >= 11 is 6.30. The lowest BCUT2D eigenvalue weighted by Crippen LogP contribution is -2.42. The highest BCUT2D eigenvalue weighted by Gasteiger charge is 2.38. The molecule has 1 aliphatic carbocycles. The molecule has 0 aromatic heterocycles. The summed E-state index contributed by atoms with van der Waals surface area (Å²) in [6.07, 6.45) is 7.11. The quantitative estimate of drug-likeness (QED) is 0.683. The first-order valence-electron chi connectivity index (χ1n) is 9.89. The highest BCUT2D eigenvalue weighted by Crippen LogP contribution is 2.47. The van der Waals surface area contributed by atoms with E-state index in [1.165, 1.54) is 25.7 Å². The van der Waals surface area contributed by atoms with E-state index in [2.05, 4.69) is 11.0 Å². The van der Waals surface area contributed by atoms with E-state index in [0.29, 0.717) is 36.0 Å². The maximum absolute atomic E-state index is 10.9. The molecule has 150 valence electrons. The van der Waals surface area contributed by atoms with Crippen molar-refractivity contribution in [2.75, 3.05) is 38.3 Å². The molecule has 2 aliphatic rings. The van der Waals surface area contributed by atoms with Crippen molar-refractivity contribution in [1.29, 1.82) is 0 Å². The number of carbonyl (C=O) groups is 1. The minimum absolute atomic E-state index is 0.330. The third kappa shape index (κ3) is 5.52. The van der Waals surface area contributed by atoms with Gasteiger partial charge in [-0.25, -0.2) is 0 Å². The molecule has 1 aromatic rings. The summed E-state index contributed by atoms with van der Waals surface area (Å²) in [6.45, 7) is 3.09. The van der Waals surface area contributed by atoms with Gasteiger partial charge in [-0.05, 0) is 62.0 Å². The zero-order chi connectivity index (χ0) is 19.3. The number of aliphatic carboxylic acids is 1. The van der Waals surface area contributed by atoms with Gasteiger partial charge in [0.15, 0.2) is 0 Å². The number of benzene rings is 1. The molecule has 0 amide bonds. The average Bonchev–Trinajstić information content (AvgIpc) is 2.64. The summed E-state index contributed by atoms with van der Waals surface area (Å²) in [4.78, 5) is 13.3. The van der Waals surface area contributed by atoms with E-state index in [1.807, 2.05) is 12.1 Å². The number of halogens is 1. The van der Waals surface area contributed by atoms with E-state index >= 15 is 0 Å². The maximum Gasteiger partial charge on any atom is 0.303 e. The van der Waals surface area contributed by atoms with Gasteiger partial charge in [-0.3, -0.25) is 4.79 Å². The van der Waals surface area contributed by atoms with Crippen LogP contribution in [-0.4, -0.2) is 44.5 Å². The lowest BCUT2D eigenvalue weighted by atomic mass is 9.65. The Morgan fingerprint density at radius 3 is 2.52 bits per heavy atom. The maximum atomic E-state index is 10.9. The average molecular weight is 396 g/mol. The highest BCUT2D eigenvalue weighted by molar-refractivity contribution is 6.31. The Labute approximate surface area is 166 Å². The fourth-order valence-electron chi connectivity index (χ4n) is 4.54. The number of hydrogen-bond donors (Lipinski definition) is 1. The molecule has 1 aromatic carbocycles. The summed E-state index contributed by atoms with van der Waals surface area (Å²) in [5, 5.41) is 9.70. The number of piperidine rings is 1. The van der Waals surface area contributed by atoms with Gasteiger partial charge in [0, 0.05) is 43.4 Å². The summed E-state index contributed by atoms with van der Waals surface area (Å²) in [5.41, 5.74) is 1.52. The zero-order valence-electron chi connectivity index (χ0n) is 16.1. The smallest absolute Gasteiger partial charge is 0.303 e. The van der Waals surface area contributed by atoms with Gasteiger partial charge in [0.2, 0.25) is 0 Å². The topological polar surface area (TPSA) is 59.0 Å². The lowest BCUT2D eigenvalue weighted by molar-refractivity contribution is -0.138. The first-order valence-corrected chi connectivity index (χ1v) is 10.3. The third-order valence-electron chi connectivity index (χ3n) is 6.23. The normalized spacial score (nSPS) is 20.0. The van der Waals surface area contributed by atoms with Crippen molar-refractivity contribution in [1.82, 2.24) is 0 Å². The van der Waals surface area contributed by atoms with Crippen LogP contribution in [0.25, 0.3) is 0 Å². The molecule has 6 heteroatoms. The number of carboxylic acid groups (broad SMARTS) is 1. The predicted molar refractivity (Wildman–Crippen MR) is 107 cm³/mol. The van der Waals surface area contributed by atoms with E-state index in [0.717, 1.165) is 37.4 Å². The molecule has 0 unspecified atom stereocenters. The third-order valence-corrected chi connectivity index (χ3v) is 6.45. The fraction of sp³-hybridized carbons (Fsp3) is 0.667. The molecule has 1 saturated carbocycles. The van der Waals surface area contributed by atoms with Crippen LogP contribution < -0.4 is 9.64 Å². The second-order valence-corrected chi connectivity index (χ2v) is 8.45. The molecule has 5 nitrogen and oxygen atoms in total. The minimum Gasteiger partial charge on any atom is -0.491 e. The molecule has 2 fully saturated rings. The Morgan fingerprint density at radius 1 is 1.19 bits per heavy atom. The van der Waals surface area contributed by atoms with Crippen LogP contribution in [-0.2, 0) is 9.53 Å². The largest absolute Gasteiger partial charge is 0.491 e. The highest BCUT2D eigenvalue weighted by atomic mass is 35.5. The molecule has 3 rings (SSSR count). The number of nitrogens with zero attached hydrogens (tertiary/aromatic N) is 1. The van der Waals surface area contributed by atoms with Gasteiger partial charge in [0.25, 0.3) is 0 Å². The van der Waals surface area contributed by atoms with E-state index < -0.39 is 5.97 Å². The van der Waals surface area contributed by atoms with Gasteiger partial charge in [-0.1, -0.05) is 11.6 Å². The fourth-order valence-corrected chi connectivity index (χ4v) is 4.76. The van der Waals surface area contributed by atoms with Crippen LogP contribution in [0, 0.1) is 11.3 Å². The Balaban J connectivity index is 1.55. The number of hydrogen-bond acceptors (Lipinski definition) is 4. The van der Waals surface area contributed by atoms with E-state index in [-0.39, 0.29) is 0 Å². The van der Waals surface area contributed by atoms with Crippen molar-refractivity contribution in [3.05, 3.63) is 23.2 Å². The summed E-state index contributed by atoms with van der Waals surface area (Å²) in [7, 11) is 1.66. The second kappa shape index (κ2) is 9.16. The predicted octanol–water partition coefficient (Wildman–Crippen LogP) is 4.62. The molecule has 1 spiro atoms. The number of rotatable bonds is 7. The van der Waals surface area contributed by atoms with E-state index in [4.69, 9.17) is 26.2 Å². The zero-order valence-corrected chi connectivity index (χ0v) is 16.8. The van der Waals surface area contributed by atoms with Crippen LogP contribution >= 0.6 is 11.6 Å². The minimum atomic E-state index is -0.657. The van der Waals surface area contributed by atoms with Gasteiger partial charge >= 0.3 is 5.97 Å². The van der Waals surface area contributed by atoms with Crippen molar-refractivity contribution in [3.8, 4) is 5.75 Å². The van der Waals surface area contributed by atoms with Gasteiger partial charge < -0.3 is 19.5 Å². The summed E-state index contributed by atoms with van der Waals surface area (Å²) in [6, 6.07) is 5.91. The first-order chi connectivity index (χ1) is 13.0. The first kappa shape index (κ1) is 20.3. The summed E-state index contributed by atoms with van der Waals surface area (Å²) in [5.74, 6) is 0.491. The molecule has 1 aliphatic heterocycles. The van der Waals surface area contributed by atoms with Crippen molar-refractivity contribution < 1.29 is 19.4 Å². The standard InChI is InChI=1S/C21H30ClNO4/c1-26-10-11-27-19-14-17(22)13-18(15-19)23-8-6-21(7-9-23)4-2-16(3-5-21)12-20(24)25/h13-16H,2-12H2,1H3,(H,24,25). The molecule has 1 saturated heterocycles. The Morgan fingerprint density at radius 2 is 1.89 bits per heavy atom. The number of anilines is 1. The molecule has 1 N–H and O–H groups in total. The monoisotopic (exact) mass is 395 g/mol. The Kier molecular flexibility index (Phi) is 6.88. The van der Waals surface area contributed by atoms with Gasteiger partial charge in [0.05, 0.1) is 6.61 Å². The van der Waals surface area contributed by atoms with Crippen molar-refractivity contribution in [3.63, 3.8) is 0 Å². The van der Waals surface area contributed by atoms with Crippen LogP contribution in [0.1, 0.15) is 44.9 Å². The van der Waals surface area contributed by atoms with Crippen LogP contribution in [0.4, 0.5) is 5.69 Å². The van der Waals surface area contributed by atoms with Crippen molar-refractivity contribution in [2.24, 2.45) is 11.3 Å². The molecular weight excluding hydrogens is 366 g/mol. The second-order valence-electron chi connectivity index (χ2n) is 8.01. The van der Waals surface area contributed by atoms with E-state index in [1.54, 1.807) is 7.11 Å². The van der Waals surface area contributed by atoms with Gasteiger partial charge in [-0.15, -0.1) is 0 Å². The number of carboxylic acids is 1.